The van der Waals surface area contributed by atoms with Crippen LogP contribution < -0.4 is 5.43 Å². The Morgan fingerprint density at radius 2 is 1.08 bits per heavy atom. The summed E-state index contributed by atoms with van der Waals surface area (Å²) in [6.07, 6.45) is 35.2. The second-order valence-electron chi connectivity index (χ2n) is 17.5. The van der Waals surface area contributed by atoms with Gasteiger partial charge in [-0.2, -0.15) is 0 Å². The summed E-state index contributed by atoms with van der Waals surface area (Å²) in [5.41, 5.74) is 4.64. The van der Waals surface area contributed by atoms with Crippen LogP contribution in [0.2, 0.25) is 0 Å². The first-order chi connectivity index (χ1) is 23.9. The third kappa shape index (κ3) is 28.4. The fraction of sp³-hybridized carbons (Fsp3) is 0.953. The lowest BCUT2D eigenvalue weighted by atomic mass is 9.76. The maximum Gasteiger partial charge on any atom is 0.303 e. The number of carbonyl (C=O) groups is 2. The molecule has 3 N–H and O–H groups in total. The van der Waals surface area contributed by atoms with Crippen LogP contribution in [0.4, 0.5) is 0 Å². The van der Waals surface area contributed by atoms with Gasteiger partial charge in [-0.1, -0.05) is 150 Å². The van der Waals surface area contributed by atoms with Crippen LogP contribution >= 0.6 is 0 Å². The molecule has 7 heteroatoms. The van der Waals surface area contributed by atoms with E-state index in [1.54, 1.807) is 0 Å². The molecule has 2 rings (SSSR count). The summed E-state index contributed by atoms with van der Waals surface area (Å²) in [6, 6.07) is 0.547. The van der Waals surface area contributed by atoms with Gasteiger partial charge >= 0.3 is 11.9 Å². The Bertz CT molecular complexity index is 800. The van der Waals surface area contributed by atoms with E-state index in [4.69, 9.17) is 14.9 Å². The average molecular weight is 709 g/mol. The van der Waals surface area contributed by atoms with Crippen LogP contribution in [0.15, 0.2) is 0 Å². The van der Waals surface area contributed by atoms with Gasteiger partial charge in [0.1, 0.15) is 0 Å². The molecule has 1 heterocycles. The highest BCUT2D eigenvalue weighted by Gasteiger charge is 2.31. The Kier molecular flexibility index (Phi) is 27.4. The molecule has 0 amide bonds. The van der Waals surface area contributed by atoms with Gasteiger partial charge in [0.05, 0.1) is 12.7 Å². The Hall–Kier alpha value is -1.18. The number of rotatable bonds is 29. The van der Waals surface area contributed by atoms with Crippen molar-refractivity contribution in [2.24, 2.45) is 10.8 Å². The van der Waals surface area contributed by atoms with E-state index in [0.29, 0.717) is 17.6 Å². The molecule has 0 aromatic rings. The lowest BCUT2D eigenvalue weighted by Crippen LogP contribution is -2.50. The maximum absolute atomic E-state index is 10.1. The monoisotopic (exact) mass is 709 g/mol. The average Bonchev–Trinajstić information content (AvgIpc) is 3.06. The summed E-state index contributed by atoms with van der Waals surface area (Å²) in [6.45, 7) is 15.6. The zero-order valence-corrected chi connectivity index (χ0v) is 33.8. The number of aliphatic carboxylic acids is 2. The number of hydrogen-bond donors (Lipinski definition) is 3. The second-order valence-corrected chi connectivity index (χ2v) is 17.5. The van der Waals surface area contributed by atoms with Crippen molar-refractivity contribution in [3.8, 4) is 0 Å². The zero-order chi connectivity index (χ0) is 36.9. The van der Waals surface area contributed by atoms with Crippen LogP contribution in [-0.2, 0) is 14.3 Å². The molecule has 1 atom stereocenters. The highest BCUT2D eigenvalue weighted by molar-refractivity contribution is 5.66. The van der Waals surface area contributed by atoms with E-state index >= 15 is 0 Å². The molecule has 0 aromatic heterocycles. The van der Waals surface area contributed by atoms with Crippen LogP contribution in [0.5, 0.6) is 0 Å². The van der Waals surface area contributed by atoms with Gasteiger partial charge in [0, 0.05) is 32.0 Å². The quantitative estimate of drug-likeness (QED) is 0.0665. The molecule has 2 aliphatic rings. The molecule has 2 fully saturated rings. The molecular formula is C43H84N2O5. The van der Waals surface area contributed by atoms with E-state index < -0.39 is 11.9 Å². The molecule has 1 unspecified atom stereocenters. The van der Waals surface area contributed by atoms with E-state index in [9.17, 15) is 9.59 Å². The SMILES string of the molecule is CCCCCCCCCCCCC(C)(C)CC(CC(C)(C)COC1CCCCC1)NN1CCCCC1.O=C(O)CCCCCCCCC(=O)O. The van der Waals surface area contributed by atoms with Crippen LogP contribution in [0.3, 0.4) is 0 Å². The molecule has 0 bridgehead atoms. The molecule has 0 aromatic carbocycles. The minimum absolute atomic E-state index is 0.220. The summed E-state index contributed by atoms with van der Waals surface area (Å²) in [4.78, 5) is 20.3. The topological polar surface area (TPSA) is 99.1 Å². The predicted molar refractivity (Wildman–Crippen MR) is 211 cm³/mol. The Morgan fingerprint density at radius 3 is 1.58 bits per heavy atom. The Morgan fingerprint density at radius 1 is 0.640 bits per heavy atom. The number of nitrogens with one attached hydrogen (secondary N) is 1. The van der Waals surface area contributed by atoms with Crippen molar-refractivity contribution >= 4 is 11.9 Å². The van der Waals surface area contributed by atoms with Gasteiger partial charge in [-0.15, -0.1) is 0 Å². The van der Waals surface area contributed by atoms with E-state index in [0.717, 1.165) is 45.1 Å². The van der Waals surface area contributed by atoms with Crippen LogP contribution in [0.1, 0.15) is 221 Å². The van der Waals surface area contributed by atoms with Gasteiger partial charge in [0.15, 0.2) is 0 Å². The van der Waals surface area contributed by atoms with Gasteiger partial charge in [0.2, 0.25) is 0 Å². The molecule has 1 aliphatic carbocycles. The summed E-state index contributed by atoms with van der Waals surface area (Å²) in [5.74, 6) is -1.48. The van der Waals surface area contributed by atoms with Crippen molar-refractivity contribution in [2.75, 3.05) is 19.7 Å². The summed E-state index contributed by atoms with van der Waals surface area (Å²) in [7, 11) is 0. The molecule has 0 radical (unpaired) electrons. The van der Waals surface area contributed by atoms with E-state index in [-0.39, 0.29) is 18.3 Å². The lowest BCUT2D eigenvalue weighted by Gasteiger charge is -2.39. The highest BCUT2D eigenvalue weighted by atomic mass is 16.5. The third-order valence-electron chi connectivity index (χ3n) is 10.8. The number of nitrogens with zero attached hydrogens (tertiary/aromatic N) is 1. The van der Waals surface area contributed by atoms with Gasteiger partial charge in [-0.3, -0.25) is 15.0 Å². The molecule has 1 aliphatic heterocycles. The van der Waals surface area contributed by atoms with Crippen LogP contribution in [-0.4, -0.2) is 59.0 Å². The number of carboxylic acid groups (broad SMARTS) is 2. The van der Waals surface area contributed by atoms with Gasteiger partial charge in [-0.05, 0) is 68.6 Å². The van der Waals surface area contributed by atoms with Crippen molar-refractivity contribution in [1.29, 1.82) is 0 Å². The lowest BCUT2D eigenvalue weighted by molar-refractivity contribution is -0.138. The van der Waals surface area contributed by atoms with Crippen molar-refractivity contribution in [3.63, 3.8) is 0 Å². The standard InChI is InChI=1S/C33H66N2O.C10H18O4/c1-6-7-8-9-10-11-12-13-14-19-24-32(2,3)27-30(34-35-25-20-16-21-26-35)28-33(4,5)29-36-31-22-17-15-18-23-31;11-9(12)7-5-3-1-2-4-6-8-10(13)14/h30-31,34H,6-29H2,1-5H3;1-8H2,(H,11,12)(H,13,14). The fourth-order valence-corrected chi connectivity index (χ4v) is 7.87. The highest BCUT2D eigenvalue weighted by Crippen LogP contribution is 2.35. The van der Waals surface area contributed by atoms with Crippen molar-refractivity contribution in [1.82, 2.24) is 10.4 Å². The van der Waals surface area contributed by atoms with Crippen molar-refractivity contribution in [2.45, 2.75) is 233 Å². The second kappa shape index (κ2) is 29.3. The smallest absolute Gasteiger partial charge is 0.303 e. The van der Waals surface area contributed by atoms with Gasteiger partial charge < -0.3 is 14.9 Å². The molecule has 296 valence electrons. The minimum atomic E-state index is -0.740. The first-order valence-electron chi connectivity index (χ1n) is 21.5. The number of unbranched alkanes of at least 4 members (excludes halogenated alkanes) is 14. The van der Waals surface area contributed by atoms with Crippen molar-refractivity contribution < 1.29 is 24.5 Å². The fourth-order valence-electron chi connectivity index (χ4n) is 7.87. The minimum Gasteiger partial charge on any atom is -0.481 e. The Balaban J connectivity index is 0.000000751. The number of carboxylic acids is 2. The first-order valence-corrected chi connectivity index (χ1v) is 21.5. The molecular weight excluding hydrogens is 624 g/mol. The number of hydrogen-bond acceptors (Lipinski definition) is 5. The number of hydrazine groups is 1. The van der Waals surface area contributed by atoms with Crippen molar-refractivity contribution in [3.05, 3.63) is 0 Å². The molecule has 0 spiro atoms. The largest absolute Gasteiger partial charge is 0.481 e. The molecule has 7 nitrogen and oxygen atoms in total. The number of piperidine rings is 1. The third-order valence-corrected chi connectivity index (χ3v) is 10.8. The zero-order valence-electron chi connectivity index (χ0n) is 33.8. The Labute approximate surface area is 309 Å². The predicted octanol–water partition coefficient (Wildman–Crippen LogP) is 12.1. The van der Waals surface area contributed by atoms with Gasteiger partial charge in [0.25, 0.3) is 0 Å². The number of ether oxygens (including phenoxy) is 1. The summed E-state index contributed by atoms with van der Waals surface area (Å²) < 4.78 is 6.47. The maximum atomic E-state index is 10.1. The van der Waals surface area contributed by atoms with E-state index in [1.807, 2.05) is 0 Å². The normalized spacial score (nSPS) is 16.9. The van der Waals surface area contributed by atoms with Crippen LogP contribution in [0, 0.1) is 10.8 Å². The van der Waals surface area contributed by atoms with Gasteiger partial charge in [-0.25, -0.2) is 5.01 Å². The van der Waals surface area contributed by atoms with E-state index in [1.165, 1.54) is 148 Å². The van der Waals surface area contributed by atoms with Crippen LogP contribution in [0.25, 0.3) is 0 Å². The summed E-state index contributed by atoms with van der Waals surface area (Å²) in [5, 5.41) is 19.2. The van der Waals surface area contributed by atoms with E-state index in [2.05, 4.69) is 45.1 Å². The first kappa shape index (κ1) is 46.8. The molecule has 1 saturated carbocycles. The summed E-state index contributed by atoms with van der Waals surface area (Å²) >= 11 is 0. The molecule has 50 heavy (non-hydrogen) atoms. The molecule has 1 saturated heterocycles.